The summed E-state index contributed by atoms with van der Waals surface area (Å²) in [5, 5.41) is 0.696. The number of primary amides is 1. The van der Waals surface area contributed by atoms with Gasteiger partial charge in [0.1, 0.15) is 11.6 Å². The van der Waals surface area contributed by atoms with Crippen LogP contribution in [0.4, 0.5) is 4.79 Å². The van der Waals surface area contributed by atoms with Gasteiger partial charge in [-0.3, -0.25) is 0 Å². The number of nitrogens with zero attached hydrogens (tertiary/aromatic N) is 4. The molecule has 1 aliphatic carbocycles. The van der Waals surface area contributed by atoms with Gasteiger partial charge in [-0.05, 0) is 24.6 Å². The lowest BCUT2D eigenvalue weighted by Crippen LogP contribution is -2.36. The van der Waals surface area contributed by atoms with Gasteiger partial charge in [0.05, 0.1) is 22.9 Å². The number of fused-ring (bicyclic) bond motifs is 3. The summed E-state index contributed by atoms with van der Waals surface area (Å²) in [6, 6.07) is 8.69. The van der Waals surface area contributed by atoms with Gasteiger partial charge in [0.2, 0.25) is 0 Å². The average molecular weight is 425 g/mol. The normalized spacial score (nSPS) is 19.1. The molecule has 3 heterocycles. The van der Waals surface area contributed by atoms with Crippen molar-refractivity contribution in [2.75, 3.05) is 0 Å². The summed E-state index contributed by atoms with van der Waals surface area (Å²) in [5.41, 5.74) is 7.58. The first-order valence-corrected chi connectivity index (χ1v) is 10.9. The van der Waals surface area contributed by atoms with Crippen LogP contribution < -0.4 is 5.73 Å². The Labute approximate surface area is 172 Å². The number of nitrogens with two attached hydrogens (primary N) is 1. The van der Waals surface area contributed by atoms with Crippen LogP contribution in [-0.2, 0) is 14.8 Å². The first-order valence-electron chi connectivity index (χ1n) is 9.46. The minimum atomic E-state index is -3.80. The largest absolute Gasteiger partial charge is 0.446 e. The average Bonchev–Trinajstić information content (AvgIpc) is 3.28. The molecule has 0 bridgehead atoms. The van der Waals surface area contributed by atoms with Crippen LogP contribution >= 0.6 is 0 Å². The fraction of sp³-hybridized carbons (Fsp3) is 0.250. The Hall–Kier alpha value is -3.40. The molecule has 0 atom stereocenters. The van der Waals surface area contributed by atoms with E-state index in [4.69, 9.17) is 10.5 Å². The molecule has 1 amide bonds. The minimum absolute atomic E-state index is 0.0845. The first kappa shape index (κ1) is 18.6. The minimum Gasteiger partial charge on any atom is -0.446 e. The van der Waals surface area contributed by atoms with E-state index in [0.717, 1.165) is 5.52 Å². The van der Waals surface area contributed by atoms with Crippen molar-refractivity contribution in [1.29, 1.82) is 0 Å². The monoisotopic (exact) mass is 425 g/mol. The van der Waals surface area contributed by atoms with Gasteiger partial charge in [0.25, 0.3) is 10.0 Å². The van der Waals surface area contributed by atoms with E-state index in [1.807, 2.05) is 4.57 Å². The Morgan fingerprint density at radius 3 is 2.70 bits per heavy atom. The van der Waals surface area contributed by atoms with E-state index < -0.39 is 16.1 Å². The number of carbonyl (C=O) groups excluding carboxylic acids is 1. The molecule has 154 valence electrons. The van der Waals surface area contributed by atoms with Crippen LogP contribution in [0.2, 0.25) is 0 Å². The van der Waals surface area contributed by atoms with Crippen LogP contribution in [0, 0.1) is 6.92 Å². The molecule has 1 aromatic carbocycles. The van der Waals surface area contributed by atoms with Crippen LogP contribution in [0.1, 0.15) is 24.4 Å². The molecule has 9 nitrogen and oxygen atoms in total. The molecule has 2 N–H and O–H groups in total. The fourth-order valence-corrected chi connectivity index (χ4v) is 5.57. The first-order chi connectivity index (χ1) is 14.4. The van der Waals surface area contributed by atoms with Crippen molar-refractivity contribution >= 4 is 38.2 Å². The molecule has 0 saturated heterocycles. The molecule has 0 aliphatic heterocycles. The quantitative estimate of drug-likeness (QED) is 0.536. The summed E-state index contributed by atoms with van der Waals surface area (Å²) >= 11 is 0. The third kappa shape index (κ3) is 2.75. The third-order valence-electron chi connectivity index (χ3n) is 5.59. The van der Waals surface area contributed by atoms with Crippen molar-refractivity contribution in [3.05, 3.63) is 54.6 Å². The topological polar surface area (TPSA) is 122 Å². The number of aryl methyl sites for hydroxylation is 1. The molecule has 0 spiro atoms. The van der Waals surface area contributed by atoms with E-state index in [1.165, 1.54) is 10.2 Å². The Balaban J connectivity index is 1.60. The van der Waals surface area contributed by atoms with Crippen LogP contribution in [0.3, 0.4) is 0 Å². The maximum atomic E-state index is 13.3. The van der Waals surface area contributed by atoms with E-state index in [1.54, 1.807) is 49.8 Å². The van der Waals surface area contributed by atoms with Gasteiger partial charge >= 0.3 is 6.09 Å². The number of amides is 1. The molecule has 1 fully saturated rings. The molecule has 4 aromatic rings. The maximum absolute atomic E-state index is 13.3. The number of imidazole rings is 1. The number of hydrogen-bond acceptors (Lipinski definition) is 6. The summed E-state index contributed by atoms with van der Waals surface area (Å²) in [6.45, 7) is 1.76. The van der Waals surface area contributed by atoms with Crippen LogP contribution in [0.25, 0.3) is 22.1 Å². The Morgan fingerprint density at radius 1 is 1.20 bits per heavy atom. The molecule has 5 rings (SSSR count). The molecule has 30 heavy (non-hydrogen) atoms. The van der Waals surface area contributed by atoms with Gasteiger partial charge in [-0.15, -0.1) is 0 Å². The SMILES string of the molecule is Cc1ccccc1S(=O)(=O)n1ccc2c1ncc1ncn([C@H]3C[C@H](OC(N)=O)C3)c12. The van der Waals surface area contributed by atoms with Gasteiger partial charge in [0.15, 0.2) is 5.65 Å². The van der Waals surface area contributed by atoms with Gasteiger partial charge in [-0.25, -0.2) is 27.2 Å². The predicted octanol–water partition coefficient (Wildman–Crippen LogP) is 2.73. The van der Waals surface area contributed by atoms with E-state index in [-0.39, 0.29) is 17.0 Å². The lowest BCUT2D eigenvalue weighted by Gasteiger charge is -2.35. The lowest BCUT2D eigenvalue weighted by atomic mass is 9.89. The predicted molar refractivity (Wildman–Crippen MR) is 110 cm³/mol. The summed E-state index contributed by atoms with van der Waals surface area (Å²) in [5.74, 6) is 0. The molecular formula is C20H19N5O4S. The van der Waals surface area contributed by atoms with Crippen molar-refractivity contribution in [1.82, 2.24) is 18.5 Å². The molecule has 1 aliphatic rings. The summed E-state index contributed by atoms with van der Waals surface area (Å²) < 4.78 is 34.8. The number of carbonyl (C=O) groups is 1. The zero-order chi connectivity index (χ0) is 21.0. The second-order valence-corrected chi connectivity index (χ2v) is 9.23. The smallest absolute Gasteiger partial charge is 0.404 e. The van der Waals surface area contributed by atoms with Crippen molar-refractivity contribution in [2.45, 2.75) is 36.8 Å². The molecular weight excluding hydrogens is 406 g/mol. The molecule has 0 radical (unpaired) electrons. The number of ether oxygens (including phenoxy) is 1. The highest BCUT2D eigenvalue weighted by Crippen LogP contribution is 2.38. The van der Waals surface area contributed by atoms with Gasteiger partial charge in [-0.2, -0.15) is 0 Å². The number of hydrogen-bond donors (Lipinski definition) is 1. The van der Waals surface area contributed by atoms with E-state index in [0.29, 0.717) is 35.0 Å². The second kappa shape index (κ2) is 6.56. The van der Waals surface area contributed by atoms with Crippen LogP contribution in [-0.4, -0.2) is 39.1 Å². The van der Waals surface area contributed by atoms with Gasteiger partial charge in [-0.1, -0.05) is 18.2 Å². The van der Waals surface area contributed by atoms with E-state index in [2.05, 4.69) is 9.97 Å². The zero-order valence-electron chi connectivity index (χ0n) is 16.1. The highest BCUT2D eigenvalue weighted by Gasteiger charge is 2.34. The van der Waals surface area contributed by atoms with Gasteiger partial charge < -0.3 is 15.0 Å². The maximum Gasteiger partial charge on any atom is 0.404 e. The standard InChI is InChI=1S/C20H19N5O4S/c1-12-4-2-3-5-17(12)30(27,28)25-7-6-15-18-16(10-22-19(15)25)23-11-24(18)13-8-14(9-13)29-20(21)26/h2-7,10-11,13-14H,8-9H2,1H3,(H2,21,26)/t13-,14-. The van der Waals surface area contributed by atoms with Gasteiger partial charge in [0, 0.05) is 30.5 Å². The number of aromatic nitrogens is 4. The summed E-state index contributed by atoms with van der Waals surface area (Å²) in [4.78, 5) is 20.0. The summed E-state index contributed by atoms with van der Waals surface area (Å²) in [7, 11) is -3.80. The van der Waals surface area contributed by atoms with Crippen molar-refractivity contribution in [3.8, 4) is 0 Å². The highest BCUT2D eigenvalue weighted by molar-refractivity contribution is 7.90. The Bertz CT molecular complexity index is 1400. The molecule has 10 heteroatoms. The zero-order valence-corrected chi connectivity index (χ0v) is 16.9. The van der Waals surface area contributed by atoms with Crippen molar-refractivity contribution in [3.63, 3.8) is 0 Å². The summed E-state index contributed by atoms with van der Waals surface area (Å²) in [6.07, 6.45) is 5.07. The molecule has 3 aromatic heterocycles. The third-order valence-corrected chi connectivity index (χ3v) is 7.42. The molecule has 0 unspecified atom stereocenters. The van der Waals surface area contributed by atoms with E-state index in [9.17, 15) is 13.2 Å². The molecule has 1 saturated carbocycles. The second-order valence-electron chi connectivity index (χ2n) is 7.45. The fourth-order valence-electron chi connectivity index (χ4n) is 4.03. The number of pyridine rings is 1. The Kier molecular flexibility index (Phi) is 4.07. The van der Waals surface area contributed by atoms with Crippen molar-refractivity contribution < 1.29 is 17.9 Å². The Morgan fingerprint density at radius 2 is 1.97 bits per heavy atom. The van der Waals surface area contributed by atoms with Crippen LogP contribution in [0.5, 0.6) is 0 Å². The van der Waals surface area contributed by atoms with E-state index >= 15 is 0 Å². The van der Waals surface area contributed by atoms with Crippen molar-refractivity contribution in [2.24, 2.45) is 5.73 Å². The lowest BCUT2D eigenvalue weighted by molar-refractivity contribution is 0.0281. The number of rotatable bonds is 4. The van der Waals surface area contributed by atoms with Crippen LogP contribution in [0.15, 0.2) is 53.9 Å². The number of benzene rings is 1. The highest BCUT2D eigenvalue weighted by atomic mass is 32.2.